The van der Waals surface area contributed by atoms with Crippen LogP contribution in [0.5, 0.6) is 0 Å². The molecule has 0 saturated carbocycles. The van der Waals surface area contributed by atoms with Crippen LogP contribution in [0.4, 0.5) is 17.2 Å². The van der Waals surface area contributed by atoms with E-state index in [0.717, 1.165) is 33.0 Å². The maximum Gasteiger partial charge on any atom is 0.141 e. The molecule has 3 rings (SSSR count). The average Bonchev–Trinajstić information content (AvgIpc) is 2.55. The molecule has 2 N–H and O–H groups in total. The standard InChI is InChI=1S/C17H19N5S/c1-18-23-12-8-9-16(22(2)3)15(10-12)21-17-13-6-4-5-7-14(13)19-11-20-17/h4-11,18H,1-3H3,(H,19,20,21). The number of hydrogen-bond donors (Lipinski definition) is 2. The first-order valence-corrected chi connectivity index (χ1v) is 8.12. The fourth-order valence-corrected chi connectivity index (χ4v) is 2.97. The normalized spacial score (nSPS) is 10.7. The van der Waals surface area contributed by atoms with E-state index in [2.05, 4.69) is 43.1 Å². The average molecular weight is 325 g/mol. The summed E-state index contributed by atoms with van der Waals surface area (Å²) >= 11 is 1.58. The van der Waals surface area contributed by atoms with Crippen LogP contribution < -0.4 is 14.9 Å². The molecule has 118 valence electrons. The van der Waals surface area contributed by atoms with Crippen molar-refractivity contribution in [3.05, 3.63) is 48.8 Å². The minimum Gasteiger partial charge on any atom is -0.376 e. The van der Waals surface area contributed by atoms with Gasteiger partial charge in [0.15, 0.2) is 0 Å². The van der Waals surface area contributed by atoms with E-state index in [4.69, 9.17) is 0 Å². The van der Waals surface area contributed by atoms with Gasteiger partial charge in [-0.15, -0.1) is 0 Å². The van der Waals surface area contributed by atoms with E-state index >= 15 is 0 Å². The van der Waals surface area contributed by atoms with E-state index in [1.54, 1.807) is 18.3 Å². The third kappa shape index (κ3) is 3.38. The molecule has 0 amide bonds. The van der Waals surface area contributed by atoms with Crippen molar-refractivity contribution >= 4 is 40.0 Å². The van der Waals surface area contributed by atoms with Crippen molar-refractivity contribution in [3.8, 4) is 0 Å². The first kappa shape index (κ1) is 15.6. The van der Waals surface area contributed by atoms with Gasteiger partial charge in [0.25, 0.3) is 0 Å². The lowest BCUT2D eigenvalue weighted by atomic mass is 10.2. The number of benzene rings is 2. The maximum atomic E-state index is 4.42. The Hall–Kier alpha value is -2.31. The Labute approximate surface area is 140 Å². The second-order valence-electron chi connectivity index (χ2n) is 5.24. The Balaban J connectivity index is 2.05. The number of nitrogens with one attached hydrogen (secondary N) is 2. The zero-order valence-electron chi connectivity index (χ0n) is 13.4. The van der Waals surface area contributed by atoms with Gasteiger partial charge >= 0.3 is 0 Å². The molecule has 0 bridgehead atoms. The molecule has 5 nitrogen and oxygen atoms in total. The highest BCUT2D eigenvalue weighted by Gasteiger charge is 2.09. The highest BCUT2D eigenvalue weighted by Crippen LogP contribution is 2.32. The summed E-state index contributed by atoms with van der Waals surface area (Å²) in [6.07, 6.45) is 1.59. The molecule has 0 unspecified atom stereocenters. The van der Waals surface area contributed by atoms with Crippen LogP contribution in [0.2, 0.25) is 0 Å². The molecule has 2 aromatic carbocycles. The van der Waals surface area contributed by atoms with E-state index in [9.17, 15) is 0 Å². The van der Waals surface area contributed by atoms with E-state index < -0.39 is 0 Å². The van der Waals surface area contributed by atoms with Gasteiger partial charge in [-0.3, -0.25) is 4.72 Å². The Morgan fingerprint density at radius 1 is 1.04 bits per heavy atom. The minimum absolute atomic E-state index is 0.810. The lowest BCUT2D eigenvalue weighted by Crippen LogP contribution is -2.11. The summed E-state index contributed by atoms with van der Waals surface area (Å²) in [7, 11) is 5.97. The van der Waals surface area contributed by atoms with Crippen molar-refractivity contribution in [2.24, 2.45) is 0 Å². The number of aromatic nitrogens is 2. The number of rotatable bonds is 5. The van der Waals surface area contributed by atoms with Gasteiger partial charge in [-0.25, -0.2) is 9.97 Å². The number of nitrogens with zero attached hydrogens (tertiary/aromatic N) is 3. The van der Waals surface area contributed by atoms with Crippen molar-refractivity contribution in [2.75, 3.05) is 31.4 Å². The molecule has 0 atom stereocenters. The SMILES string of the molecule is CNSc1ccc(N(C)C)c(Nc2ncnc3ccccc23)c1. The van der Waals surface area contributed by atoms with Gasteiger partial charge < -0.3 is 10.2 Å². The third-order valence-electron chi connectivity index (χ3n) is 3.47. The van der Waals surface area contributed by atoms with Crippen LogP contribution in [0, 0.1) is 0 Å². The second-order valence-corrected chi connectivity index (χ2v) is 6.33. The van der Waals surface area contributed by atoms with Gasteiger partial charge in [0.1, 0.15) is 12.1 Å². The molecule has 3 aromatic rings. The van der Waals surface area contributed by atoms with Crippen molar-refractivity contribution < 1.29 is 0 Å². The van der Waals surface area contributed by atoms with Crippen LogP contribution in [-0.2, 0) is 0 Å². The molecule has 1 heterocycles. The van der Waals surface area contributed by atoms with Crippen LogP contribution >= 0.6 is 11.9 Å². The number of anilines is 3. The van der Waals surface area contributed by atoms with Crippen molar-refractivity contribution in [3.63, 3.8) is 0 Å². The van der Waals surface area contributed by atoms with E-state index in [0.29, 0.717) is 0 Å². The van der Waals surface area contributed by atoms with Crippen LogP contribution in [0.25, 0.3) is 10.9 Å². The van der Waals surface area contributed by atoms with E-state index in [-0.39, 0.29) is 0 Å². The first-order chi connectivity index (χ1) is 11.2. The Kier molecular flexibility index (Phi) is 4.64. The van der Waals surface area contributed by atoms with Crippen LogP contribution in [-0.4, -0.2) is 31.1 Å². The molecule has 1 aromatic heterocycles. The largest absolute Gasteiger partial charge is 0.376 e. The highest BCUT2D eigenvalue weighted by atomic mass is 32.2. The topological polar surface area (TPSA) is 53.1 Å². The van der Waals surface area contributed by atoms with Gasteiger partial charge in [0.05, 0.1) is 16.9 Å². The fraction of sp³-hybridized carbons (Fsp3) is 0.176. The number of fused-ring (bicyclic) bond motifs is 1. The molecule has 0 spiro atoms. The lowest BCUT2D eigenvalue weighted by molar-refractivity contribution is 1.12. The molecular weight excluding hydrogens is 306 g/mol. The van der Waals surface area contributed by atoms with Crippen LogP contribution in [0.1, 0.15) is 0 Å². The number of hydrogen-bond acceptors (Lipinski definition) is 6. The summed E-state index contributed by atoms with van der Waals surface area (Å²) in [5.74, 6) is 0.810. The molecule has 0 fully saturated rings. The van der Waals surface area contributed by atoms with Crippen LogP contribution in [0.3, 0.4) is 0 Å². The van der Waals surface area contributed by atoms with Gasteiger partial charge in [0, 0.05) is 24.4 Å². The molecule has 23 heavy (non-hydrogen) atoms. The van der Waals surface area contributed by atoms with Gasteiger partial charge in [-0.1, -0.05) is 12.1 Å². The molecular formula is C17H19N5S. The summed E-state index contributed by atoms with van der Waals surface area (Å²) in [6.45, 7) is 0. The summed E-state index contributed by atoms with van der Waals surface area (Å²) in [4.78, 5) is 11.9. The van der Waals surface area contributed by atoms with Gasteiger partial charge in [-0.05, 0) is 49.3 Å². The summed E-state index contributed by atoms with van der Waals surface area (Å²) in [5, 5.41) is 4.47. The predicted molar refractivity (Wildman–Crippen MR) is 98.5 cm³/mol. The zero-order chi connectivity index (χ0) is 16.2. The molecule has 0 radical (unpaired) electrons. The Morgan fingerprint density at radius 2 is 1.87 bits per heavy atom. The van der Waals surface area contributed by atoms with Crippen molar-refractivity contribution in [1.82, 2.24) is 14.7 Å². The summed E-state index contributed by atoms with van der Waals surface area (Å²) in [6, 6.07) is 14.3. The first-order valence-electron chi connectivity index (χ1n) is 7.31. The molecule has 6 heteroatoms. The Bertz CT molecular complexity index is 814. The quantitative estimate of drug-likeness (QED) is 0.698. The predicted octanol–water partition coefficient (Wildman–Crippen LogP) is 3.67. The zero-order valence-corrected chi connectivity index (χ0v) is 14.2. The minimum atomic E-state index is 0.810. The monoisotopic (exact) mass is 325 g/mol. The smallest absolute Gasteiger partial charge is 0.141 e. The lowest BCUT2D eigenvalue weighted by Gasteiger charge is -2.19. The Morgan fingerprint density at radius 3 is 2.65 bits per heavy atom. The molecule has 0 aliphatic rings. The van der Waals surface area contributed by atoms with Crippen molar-refractivity contribution in [1.29, 1.82) is 0 Å². The van der Waals surface area contributed by atoms with Gasteiger partial charge in [0.2, 0.25) is 0 Å². The fourth-order valence-electron chi connectivity index (χ4n) is 2.42. The second kappa shape index (κ2) is 6.85. The third-order valence-corrected chi connectivity index (χ3v) is 4.16. The maximum absolute atomic E-state index is 4.42. The summed E-state index contributed by atoms with van der Waals surface area (Å²) < 4.78 is 3.10. The highest BCUT2D eigenvalue weighted by molar-refractivity contribution is 7.97. The molecule has 0 aliphatic carbocycles. The van der Waals surface area contributed by atoms with Crippen LogP contribution in [0.15, 0.2) is 53.7 Å². The number of para-hydroxylation sites is 1. The van der Waals surface area contributed by atoms with E-state index in [1.165, 1.54) is 0 Å². The van der Waals surface area contributed by atoms with Gasteiger partial charge in [-0.2, -0.15) is 0 Å². The molecule has 0 aliphatic heterocycles. The molecule has 0 saturated heterocycles. The summed E-state index contributed by atoms with van der Waals surface area (Å²) in [5.41, 5.74) is 3.05. The van der Waals surface area contributed by atoms with E-state index in [1.807, 2.05) is 45.4 Å². The van der Waals surface area contributed by atoms with Crippen molar-refractivity contribution in [2.45, 2.75) is 4.90 Å².